The van der Waals surface area contributed by atoms with Gasteiger partial charge in [-0.2, -0.15) is 11.8 Å². The van der Waals surface area contributed by atoms with E-state index in [9.17, 15) is 4.79 Å². The summed E-state index contributed by atoms with van der Waals surface area (Å²) < 4.78 is 0. The van der Waals surface area contributed by atoms with E-state index < -0.39 is 12.0 Å². The second-order valence-corrected chi connectivity index (χ2v) is 4.81. The fourth-order valence-corrected chi connectivity index (χ4v) is 2.61. The van der Waals surface area contributed by atoms with Gasteiger partial charge in [0.15, 0.2) is 0 Å². The Balaban J connectivity index is 2.58. The van der Waals surface area contributed by atoms with E-state index in [1.54, 1.807) is 11.8 Å². The van der Waals surface area contributed by atoms with Crippen LogP contribution in [0.25, 0.3) is 0 Å². The minimum atomic E-state index is -0.795. The third kappa shape index (κ3) is 3.35. The van der Waals surface area contributed by atoms with Gasteiger partial charge in [0, 0.05) is 35.2 Å². The zero-order valence-corrected chi connectivity index (χ0v) is 9.78. The molecule has 1 saturated heterocycles. The van der Waals surface area contributed by atoms with Gasteiger partial charge in [-0.15, -0.1) is 0 Å². The lowest BCUT2D eigenvalue weighted by molar-refractivity contribution is -0.142. The van der Waals surface area contributed by atoms with Crippen molar-refractivity contribution in [1.29, 1.82) is 0 Å². The van der Waals surface area contributed by atoms with Crippen LogP contribution in [-0.4, -0.2) is 46.6 Å². The average Bonchev–Trinajstić information content (AvgIpc) is 2.18. The number of hydrogen-bond acceptors (Lipinski definition) is 3. The molecular formula is C8H11Cl2NO2S. The summed E-state index contributed by atoms with van der Waals surface area (Å²) in [6.45, 7) is 1.16. The summed E-state index contributed by atoms with van der Waals surface area (Å²) in [4.78, 5) is 12.7. The first-order valence-electron chi connectivity index (χ1n) is 4.14. The molecule has 0 amide bonds. The van der Waals surface area contributed by atoms with Gasteiger partial charge in [-0.1, -0.05) is 23.2 Å². The Morgan fingerprint density at radius 1 is 1.71 bits per heavy atom. The number of hydrogen-bond donors (Lipinski definition) is 1. The van der Waals surface area contributed by atoms with Crippen molar-refractivity contribution in [3.63, 3.8) is 0 Å². The summed E-state index contributed by atoms with van der Waals surface area (Å²) in [6.07, 6.45) is 0. The molecule has 1 unspecified atom stereocenters. The Morgan fingerprint density at radius 3 is 3.00 bits per heavy atom. The lowest BCUT2D eigenvalue weighted by Gasteiger charge is -2.32. The maximum atomic E-state index is 10.9. The number of carboxylic acid groups (broad SMARTS) is 1. The van der Waals surface area contributed by atoms with Crippen LogP contribution in [0.15, 0.2) is 10.6 Å². The molecule has 1 aliphatic heterocycles. The molecule has 0 aliphatic carbocycles. The SMILES string of the molecule is O=C(O)C1CSCCN1CC(Cl)=CCl. The molecular weight excluding hydrogens is 245 g/mol. The minimum Gasteiger partial charge on any atom is -0.480 e. The van der Waals surface area contributed by atoms with Crippen molar-refractivity contribution in [2.24, 2.45) is 0 Å². The van der Waals surface area contributed by atoms with Crippen LogP contribution in [0.4, 0.5) is 0 Å². The zero-order valence-electron chi connectivity index (χ0n) is 7.45. The number of carboxylic acids is 1. The molecule has 0 aromatic heterocycles. The van der Waals surface area contributed by atoms with Crippen LogP contribution in [0.1, 0.15) is 0 Å². The average molecular weight is 256 g/mol. The van der Waals surface area contributed by atoms with Crippen molar-refractivity contribution in [3.8, 4) is 0 Å². The van der Waals surface area contributed by atoms with Gasteiger partial charge in [0.05, 0.1) is 0 Å². The first-order chi connectivity index (χ1) is 6.65. The maximum Gasteiger partial charge on any atom is 0.321 e. The third-order valence-corrected chi connectivity index (χ3v) is 3.62. The lowest BCUT2D eigenvalue weighted by atomic mass is 10.2. The molecule has 0 spiro atoms. The number of thioether (sulfide) groups is 1. The first kappa shape index (κ1) is 12.2. The van der Waals surface area contributed by atoms with Crippen molar-refractivity contribution in [2.75, 3.05) is 24.6 Å². The molecule has 1 aliphatic rings. The van der Waals surface area contributed by atoms with Gasteiger partial charge in [0.25, 0.3) is 0 Å². The van der Waals surface area contributed by atoms with Crippen LogP contribution >= 0.6 is 35.0 Å². The molecule has 1 fully saturated rings. The predicted octanol–water partition coefficient (Wildman–Crippen LogP) is 1.81. The summed E-state index contributed by atoms with van der Waals surface area (Å²) in [5.41, 5.74) is 1.28. The molecule has 1 N–H and O–H groups in total. The van der Waals surface area contributed by atoms with Crippen LogP contribution in [0.2, 0.25) is 0 Å². The smallest absolute Gasteiger partial charge is 0.321 e. The van der Waals surface area contributed by atoms with Crippen molar-refractivity contribution < 1.29 is 9.90 Å². The molecule has 0 radical (unpaired) electrons. The number of carbonyl (C=O) groups is 1. The monoisotopic (exact) mass is 255 g/mol. The molecule has 0 aromatic carbocycles. The summed E-state index contributed by atoms with van der Waals surface area (Å²) in [5, 5.41) is 9.42. The predicted molar refractivity (Wildman–Crippen MR) is 60.1 cm³/mol. The molecule has 6 heteroatoms. The summed E-state index contributed by atoms with van der Waals surface area (Å²) >= 11 is 12.8. The molecule has 0 bridgehead atoms. The number of rotatable bonds is 3. The normalized spacial score (nSPS) is 25.0. The molecule has 0 aromatic rings. The molecule has 80 valence electrons. The summed E-state index contributed by atoms with van der Waals surface area (Å²) in [7, 11) is 0. The summed E-state index contributed by atoms with van der Waals surface area (Å²) in [5.74, 6) is 0.758. The highest BCUT2D eigenvalue weighted by Gasteiger charge is 2.28. The van der Waals surface area contributed by atoms with Crippen LogP contribution < -0.4 is 0 Å². The van der Waals surface area contributed by atoms with Gasteiger partial charge in [0.2, 0.25) is 0 Å². The quantitative estimate of drug-likeness (QED) is 0.836. The molecule has 1 rings (SSSR count). The Hall–Kier alpha value is 0.1000. The van der Waals surface area contributed by atoms with Crippen LogP contribution in [0.3, 0.4) is 0 Å². The van der Waals surface area contributed by atoms with Crippen molar-refractivity contribution >= 4 is 40.9 Å². The van der Waals surface area contributed by atoms with Crippen molar-refractivity contribution in [1.82, 2.24) is 4.90 Å². The van der Waals surface area contributed by atoms with E-state index in [0.29, 0.717) is 17.3 Å². The maximum absolute atomic E-state index is 10.9. The highest BCUT2D eigenvalue weighted by molar-refractivity contribution is 7.99. The molecule has 3 nitrogen and oxygen atoms in total. The Kier molecular flexibility index (Phi) is 5.09. The summed E-state index contributed by atoms with van der Waals surface area (Å²) in [6, 6.07) is -0.445. The Labute approximate surface area is 97.0 Å². The van der Waals surface area contributed by atoms with E-state index in [0.717, 1.165) is 12.3 Å². The van der Waals surface area contributed by atoms with Crippen molar-refractivity contribution in [2.45, 2.75) is 6.04 Å². The van der Waals surface area contributed by atoms with E-state index in [2.05, 4.69) is 0 Å². The zero-order chi connectivity index (χ0) is 10.6. The number of aliphatic carboxylic acids is 1. The van der Waals surface area contributed by atoms with Crippen LogP contribution in [-0.2, 0) is 4.79 Å². The van der Waals surface area contributed by atoms with E-state index >= 15 is 0 Å². The van der Waals surface area contributed by atoms with E-state index in [4.69, 9.17) is 28.3 Å². The van der Waals surface area contributed by atoms with E-state index in [1.165, 1.54) is 5.54 Å². The topological polar surface area (TPSA) is 40.5 Å². The second kappa shape index (κ2) is 5.85. The fraction of sp³-hybridized carbons (Fsp3) is 0.625. The number of nitrogens with zero attached hydrogens (tertiary/aromatic N) is 1. The highest BCUT2D eigenvalue weighted by atomic mass is 35.5. The first-order valence-corrected chi connectivity index (χ1v) is 6.11. The third-order valence-electron chi connectivity index (χ3n) is 2.00. The van der Waals surface area contributed by atoms with Gasteiger partial charge in [-0.3, -0.25) is 9.69 Å². The number of halogens is 2. The molecule has 1 heterocycles. The standard InChI is InChI=1S/C8H11Cl2NO2S/c9-3-6(10)4-11-1-2-14-5-7(11)8(12)13/h3,7H,1-2,4-5H2,(H,12,13). The van der Waals surface area contributed by atoms with Gasteiger partial charge >= 0.3 is 5.97 Å². The van der Waals surface area contributed by atoms with Gasteiger partial charge in [-0.25, -0.2) is 0 Å². The van der Waals surface area contributed by atoms with E-state index in [-0.39, 0.29) is 0 Å². The highest BCUT2D eigenvalue weighted by Crippen LogP contribution is 2.19. The van der Waals surface area contributed by atoms with Gasteiger partial charge in [0.1, 0.15) is 6.04 Å². The molecule has 0 saturated carbocycles. The second-order valence-electron chi connectivity index (χ2n) is 2.96. The van der Waals surface area contributed by atoms with E-state index in [1.807, 2.05) is 4.90 Å². The Morgan fingerprint density at radius 2 is 2.43 bits per heavy atom. The van der Waals surface area contributed by atoms with Crippen molar-refractivity contribution in [3.05, 3.63) is 10.6 Å². The van der Waals surface area contributed by atoms with Crippen LogP contribution in [0.5, 0.6) is 0 Å². The Bertz CT molecular complexity index is 247. The van der Waals surface area contributed by atoms with Gasteiger partial charge in [-0.05, 0) is 0 Å². The molecule has 1 atom stereocenters. The van der Waals surface area contributed by atoms with Crippen LogP contribution in [0, 0.1) is 0 Å². The van der Waals surface area contributed by atoms with Gasteiger partial charge < -0.3 is 5.11 Å². The lowest BCUT2D eigenvalue weighted by Crippen LogP contribution is -2.47. The fourth-order valence-electron chi connectivity index (χ4n) is 1.28. The minimum absolute atomic E-state index is 0.419. The molecule has 14 heavy (non-hydrogen) atoms. The largest absolute Gasteiger partial charge is 0.480 e.